The van der Waals surface area contributed by atoms with Crippen LogP contribution in [0.15, 0.2) is 48.7 Å². The third-order valence-corrected chi connectivity index (χ3v) is 3.39. The minimum atomic E-state index is 0.569. The molecule has 1 aromatic heterocycles. The van der Waals surface area contributed by atoms with Gasteiger partial charge in [0.1, 0.15) is 11.5 Å². The Hall–Kier alpha value is -2.75. The molecule has 0 bridgehead atoms. The van der Waals surface area contributed by atoms with E-state index in [2.05, 4.69) is 4.98 Å². The van der Waals surface area contributed by atoms with Crippen molar-refractivity contribution >= 4 is 16.5 Å². The molecule has 0 amide bonds. The van der Waals surface area contributed by atoms with Crippen LogP contribution in [0, 0.1) is 6.92 Å². The number of aryl methyl sites for hydroxylation is 1. The van der Waals surface area contributed by atoms with Crippen LogP contribution in [-0.4, -0.2) is 12.1 Å². The van der Waals surface area contributed by atoms with Crippen molar-refractivity contribution in [2.75, 3.05) is 12.8 Å². The molecule has 0 atom stereocenters. The summed E-state index contributed by atoms with van der Waals surface area (Å²) in [7, 11) is 1.65. The quantitative estimate of drug-likeness (QED) is 0.739. The summed E-state index contributed by atoms with van der Waals surface area (Å²) in [6.45, 7) is 1.95. The Labute approximate surface area is 123 Å². The van der Waals surface area contributed by atoms with E-state index < -0.39 is 0 Å². The van der Waals surface area contributed by atoms with Crippen LogP contribution in [-0.2, 0) is 0 Å². The summed E-state index contributed by atoms with van der Waals surface area (Å²) in [5, 5.41) is 1.96. The second-order valence-corrected chi connectivity index (χ2v) is 4.82. The van der Waals surface area contributed by atoms with Crippen molar-refractivity contribution < 1.29 is 9.47 Å². The van der Waals surface area contributed by atoms with Gasteiger partial charge in [0.25, 0.3) is 0 Å². The molecule has 0 spiro atoms. The maximum atomic E-state index is 5.89. The summed E-state index contributed by atoms with van der Waals surface area (Å²) in [6, 6.07) is 13.3. The molecule has 0 fully saturated rings. The minimum absolute atomic E-state index is 0.569. The summed E-state index contributed by atoms with van der Waals surface area (Å²) in [4.78, 5) is 4.32. The van der Waals surface area contributed by atoms with Gasteiger partial charge in [-0.1, -0.05) is 0 Å². The third-order valence-electron chi connectivity index (χ3n) is 3.39. The number of ether oxygens (including phenoxy) is 2. The van der Waals surface area contributed by atoms with Crippen LogP contribution in [0.2, 0.25) is 0 Å². The molecule has 1 heterocycles. The number of nitrogen functional groups attached to an aromatic ring is 1. The molecule has 2 N–H and O–H groups in total. The standard InChI is InChI=1S/C17H16N2O2/c1-11-9-14(4-6-16(11)18)21-17-15-5-3-13(20-2)10-12(15)7-8-19-17/h3-10H,18H2,1-2H3. The molecule has 0 saturated heterocycles. The van der Waals surface area contributed by atoms with Crippen molar-refractivity contribution in [3.63, 3.8) is 0 Å². The van der Waals surface area contributed by atoms with Crippen LogP contribution in [0.4, 0.5) is 5.69 Å². The lowest BCUT2D eigenvalue weighted by molar-refractivity contribution is 0.415. The average Bonchev–Trinajstić information content (AvgIpc) is 2.50. The van der Waals surface area contributed by atoms with E-state index in [4.69, 9.17) is 15.2 Å². The van der Waals surface area contributed by atoms with Gasteiger partial charge in [0.15, 0.2) is 0 Å². The number of rotatable bonds is 3. The largest absolute Gasteiger partial charge is 0.497 e. The molecule has 0 saturated carbocycles. The molecule has 0 aliphatic rings. The lowest BCUT2D eigenvalue weighted by atomic mass is 10.1. The first-order valence-corrected chi connectivity index (χ1v) is 6.64. The van der Waals surface area contributed by atoms with Crippen molar-refractivity contribution in [1.29, 1.82) is 0 Å². The van der Waals surface area contributed by atoms with Crippen LogP contribution in [0.1, 0.15) is 5.56 Å². The van der Waals surface area contributed by atoms with Crippen molar-refractivity contribution in [3.05, 3.63) is 54.2 Å². The summed E-state index contributed by atoms with van der Waals surface area (Å²) in [5.74, 6) is 2.10. The number of fused-ring (bicyclic) bond motifs is 1. The monoisotopic (exact) mass is 280 g/mol. The molecule has 4 nitrogen and oxygen atoms in total. The highest BCUT2D eigenvalue weighted by Crippen LogP contribution is 2.30. The molecule has 0 aliphatic heterocycles. The predicted molar refractivity (Wildman–Crippen MR) is 84.0 cm³/mol. The summed E-state index contributed by atoms with van der Waals surface area (Å²) in [5.41, 5.74) is 7.55. The number of nitrogens with zero attached hydrogens (tertiary/aromatic N) is 1. The predicted octanol–water partition coefficient (Wildman–Crippen LogP) is 3.93. The number of hydrogen-bond acceptors (Lipinski definition) is 4. The van der Waals surface area contributed by atoms with Crippen LogP contribution < -0.4 is 15.2 Å². The van der Waals surface area contributed by atoms with Crippen LogP contribution >= 0.6 is 0 Å². The average molecular weight is 280 g/mol. The molecule has 21 heavy (non-hydrogen) atoms. The van der Waals surface area contributed by atoms with Gasteiger partial charge in [-0.05, 0) is 60.3 Å². The highest BCUT2D eigenvalue weighted by atomic mass is 16.5. The number of pyridine rings is 1. The lowest BCUT2D eigenvalue weighted by Gasteiger charge is -2.10. The Morgan fingerprint density at radius 1 is 1.00 bits per heavy atom. The number of benzene rings is 2. The first-order chi connectivity index (χ1) is 10.2. The second-order valence-electron chi connectivity index (χ2n) is 4.82. The maximum Gasteiger partial charge on any atom is 0.227 e. The smallest absolute Gasteiger partial charge is 0.227 e. The zero-order chi connectivity index (χ0) is 14.8. The Bertz CT molecular complexity index is 800. The molecule has 3 rings (SSSR count). The zero-order valence-electron chi connectivity index (χ0n) is 12.0. The normalized spacial score (nSPS) is 10.6. The number of nitrogens with two attached hydrogens (primary N) is 1. The van der Waals surface area contributed by atoms with E-state index >= 15 is 0 Å². The van der Waals surface area contributed by atoms with Gasteiger partial charge < -0.3 is 15.2 Å². The molecule has 3 aromatic rings. The fourth-order valence-corrected chi connectivity index (χ4v) is 2.16. The highest BCUT2D eigenvalue weighted by molar-refractivity contribution is 5.88. The van der Waals surface area contributed by atoms with E-state index in [-0.39, 0.29) is 0 Å². The molecular formula is C17H16N2O2. The summed E-state index contributed by atoms with van der Waals surface area (Å²) in [6.07, 6.45) is 1.72. The molecule has 4 heteroatoms. The molecule has 0 aliphatic carbocycles. The number of anilines is 1. The van der Waals surface area contributed by atoms with E-state index in [1.165, 1.54) is 0 Å². The maximum absolute atomic E-state index is 5.89. The van der Waals surface area contributed by atoms with Crippen LogP contribution in [0.3, 0.4) is 0 Å². The summed E-state index contributed by atoms with van der Waals surface area (Å²) < 4.78 is 11.1. The topological polar surface area (TPSA) is 57.4 Å². The number of hydrogen-bond donors (Lipinski definition) is 1. The van der Waals surface area contributed by atoms with Crippen LogP contribution in [0.25, 0.3) is 10.8 Å². The number of methoxy groups -OCH3 is 1. The molecule has 2 aromatic carbocycles. The van der Waals surface area contributed by atoms with Gasteiger partial charge in [0.05, 0.1) is 7.11 Å². The van der Waals surface area contributed by atoms with Crippen LogP contribution in [0.5, 0.6) is 17.4 Å². The number of aromatic nitrogens is 1. The fourth-order valence-electron chi connectivity index (χ4n) is 2.16. The zero-order valence-corrected chi connectivity index (χ0v) is 12.0. The Balaban J connectivity index is 2.02. The lowest BCUT2D eigenvalue weighted by Crippen LogP contribution is -1.93. The van der Waals surface area contributed by atoms with Crippen molar-refractivity contribution in [2.24, 2.45) is 0 Å². The van der Waals surface area contributed by atoms with E-state index in [9.17, 15) is 0 Å². The van der Waals surface area contributed by atoms with Crippen molar-refractivity contribution in [1.82, 2.24) is 4.98 Å². The third kappa shape index (κ3) is 2.60. The highest BCUT2D eigenvalue weighted by Gasteiger charge is 2.07. The van der Waals surface area contributed by atoms with Gasteiger partial charge in [0, 0.05) is 17.3 Å². The van der Waals surface area contributed by atoms with Gasteiger partial charge in [-0.2, -0.15) is 0 Å². The van der Waals surface area contributed by atoms with E-state index in [1.54, 1.807) is 13.3 Å². The Kier molecular flexibility index (Phi) is 3.36. The van der Waals surface area contributed by atoms with Crippen molar-refractivity contribution in [3.8, 4) is 17.4 Å². The summed E-state index contributed by atoms with van der Waals surface area (Å²) >= 11 is 0. The molecule has 106 valence electrons. The second kappa shape index (κ2) is 5.32. The van der Waals surface area contributed by atoms with Gasteiger partial charge in [0.2, 0.25) is 5.88 Å². The Morgan fingerprint density at radius 2 is 1.81 bits per heavy atom. The van der Waals surface area contributed by atoms with E-state index in [0.717, 1.165) is 33.5 Å². The van der Waals surface area contributed by atoms with Gasteiger partial charge in [-0.3, -0.25) is 0 Å². The first-order valence-electron chi connectivity index (χ1n) is 6.64. The molecule has 0 unspecified atom stereocenters. The van der Waals surface area contributed by atoms with Gasteiger partial charge in [-0.25, -0.2) is 4.98 Å². The minimum Gasteiger partial charge on any atom is -0.497 e. The SMILES string of the molecule is COc1ccc2c(Oc3ccc(N)c(C)c3)nccc2c1. The fraction of sp³-hybridized carbons (Fsp3) is 0.118. The van der Waals surface area contributed by atoms with E-state index in [1.807, 2.05) is 49.4 Å². The van der Waals surface area contributed by atoms with E-state index in [0.29, 0.717) is 5.88 Å². The Morgan fingerprint density at radius 3 is 2.57 bits per heavy atom. The molecule has 0 radical (unpaired) electrons. The van der Waals surface area contributed by atoms with Gasteiger partial charge >= 0.3 is 0 Å². The molecular weight excluding hydrogens is 264 g/mol. The van der Waals surface area contributed by atoms with Crippen molar-refractivity contribution in [2.45, 2.75) is 6.92 Å². The van der Waals surface area contributed by atoms with Gasteiger partial charge in [-0.15, -0.1) is 0 Å². The first kappa shape index (κ1) is 13.2.